The van der Waals surface area contributed by atoms with E-state index in [0.29, 0.717) is 25.0 Å². The topological polar surface area (TPSA) is 52.6 Å². The van der Waals surface area contributed by atoms with Crippen LogP contribution < -0.4 is 5.32 Å². The highest BCUT2D eigenvalue weighted by Crippen LogP contribution is 2.23. The first-order chi connectivity index (χ1) is 10.2. The van der Waals surface area contributed by atoms with Gasteiger partial charge in [0.25, 0.3) is 0 Å². The zero-order valence-electron chi connectivity index (χ0n) is 12.8. The van der Waals surface area contributed by atoms with Crippen molar-refractivity contribution in [3.05, 3.63) is 22.4 Å². The second-order valence-electron chi connectivity index (χ2n) is 6.00. The van der Waals surface area contributed by atoms with Crippen molar-refractivity contribution in [3.63, 3.8) is 0 Å². The summed E-state index contributed by atoms with van der Waals surface area (Å²) < 4.78 is 0. The summed E-state index contributed by atoms with van der Waals surface area (Å²) in [5, 5.41) is 16.5. The number of amides is 1. The Morgan fingerprint density at radius 1 is 1.48 bits per heavy atom. The van der Waals surface area contributed by atoms with Gasteiger partial charge < -0.3 is 10.4 Å². The molecule has 0 bridgehead atoms. The smallest absolute Gasteiger partial charge is 0.234 e. The van der Waals surface area contributed by atoms with Gasteiger partial charge in [-0.25, -0.2) is 0 Å². The highest BCUT2D eigenvalue weighted by atomic mass is 32.1. The standard InChI is InChI=1S/C16H26N2O2S/c1-13-4-2-3-5-15(13)17-16(20)11-18(7-8-19)10-14-6-9-21-12-14/h6,9,12-13,15,19H,2-5,7-8,10-11H2,1H3,(H,17,20)/t13-,15-/m1/s1. The van der Waals surface area contributed by atoms with Gasteiger partial charge in [0.2, 0.25) is 5.91 Å². The summed E-state index contributed by atoms with van der Waals surface area (Å²) in [6.45, 7) is 3.92. The first-order valence-electron chi connectivity index (χ1n) is 7.82. The molecule has 118 valence electrons. The Hall–Kier alpha value is -0.910. The first-order valence-corrected chi connectivity index (χ1v) is 8.77. The average molecular weight is 310 g/mol. The maximum Gasteiger partial charge on any atom is 0.234 e. The van der Waals surface area contributed by atoms with Crippen molar-refractivity contribution in [2.45, 2.75) is 45.2 Å². The molecule has 2 rings (SSSR count). The van der Waals surface area contributed by atoms with Gasteiger partial charge in [0.05, 0.1) is 13.2 Å². The minimum atomic E-state index is 0.0806. The van der Waals surface area contributed by atoms with Crippen LogP contribution in [0.15, 0.2) is 16.8 Å². The van der Waals surface area contributed by atoms with Crippen molar-refractivity contribution < 1.29 is 9.90 Å². The van der Waals surface area contributed by atoms with E-state index in [9.17, 15) is 9.90 Å². The van der Waals surface area contributed by atoms with E-state index in [1.54, 1.807) is 11.3 Å². The molecule has 1 aromatic rings. The Labute approximate surface area is 131 Å². The molecular formula is C16H26N2O2S. The molecule has 0 aromatic carbocycles. The quantitative estimate of drug-likeness (QED) is 0.812. The molecule has 0 aliphatic heterocycles. The fourth-order valence-electron chi connectivity index (χ4n) is 2.98. The lowest BCUT2D eigenvalue weighted by Crippen LogP contribution is -2.46. The Kier molecular flexibility index (Phi) is 6.67. The zero-order chi connectivity index (χ0) is 15.1. The molecule has 1 aliphatic rings. The summed E-state index contributed by atoms with van der Waals surface area (Å²) in [4.78, 5) is 14.2. The average Bonchev–Trinajstić information content (AvgIpc) is 2.94. The van der Waals surface area contributed by atoms with Gasteiger partial charge in [-0.15, -0.1) is 0 Å². The predicted octanol–water partition coefficient (Wildman–Crippen LogP) is 2.24. The second kappa shape index (κ2) is 8.51. The monoisotopic (exact) mass is 310 g/mol. The van der Waals surface area contributed by atoms with Crippen molar-refractivity contribution in [3.8, 4) is 0 Å². The number of carbonyl (C=O) groups is 1. The molecule has 1 saturated carbocycles. The van der Waals surface area contributed by atoms with Gasteiger partial charge in [-0.3, -0.25) is 9.69 Å². The van der Waals surface area contributed by atoms with Crippen LogP contribution in [0.4, 0.5) is 0 Å². The summed E-state index contributed by atoms with van der Waals surface area (Å²) in [7, 11) is 0. The lowest BCUT2D eigenvalue weighted by Gasteiger charge is -2.30. The van der Waals surface area contributed by atoms with Crippen molar-refractivity contribution in [1.29, 1.82) is 0 Å². The van der Waals surface area contributed by atoms with Crippen LogP contribution in [-0.2, 0) is 11.3 Å². The molecule has 1 aliphatic carbocycles. The summed E-state index contributed by atoms with van der Waals surface area (Å²) in [5.41, 5.74) is 1.20. The molecule has 2 N–H and O–H groups in total. The van der Waals surface area contributed by atoms with E-state index in [1.807, 2.05) is 10.3 Å². The SMILES string of the molecule is C[C@@H]1CCCC[C@H]1NC(=O)CN(CCO)Cc1ccsc1. The van der Waals surface area contributed by atoms with Gasteiger partial charge in [0, 0.05) is 19.1 Å². The van der Waals surface area contributed by atoms with E-state index >= 15 is 0 Å². The third-order valence-electron chi connectivity index (χ3n) is 4.23. The summed E-state index contributed by atoms with van der Waals surface area (Å²) in [6, 6.07) is 2.39. The molecule has 1 amide bonds. The van der Waals surface area contributed by atoms with E-state index in [2.05, 4.69) is 23.7 Å². The molecule has 5 heteroatoms. The molecule has 4 nitrogen and oxygen atoms in total. The van der Waals surface area contributed by atoms with Crippen LogP contribution in [0.2, 0.25) is 0 Å². The normalized spacial score (nSPS) is 22.4. The highest BCUT2D eigenvalue weighted by molar-refractivity contribution is 7.07. The number of thiophene rings is 1. The van der Waals surface area contributed by atoms with Crippen LogP contribution in [0.1, 0.15) is 38.2 Å². The minimum absolute atomic E-state index is 0.0806. The summed E-state index contributed by atoms with van der Waals surface area (Å²) in [6.07, 6.45) is 4.80. The van der Waals surface area contributed by atoms with Gasteiger partial charge >= 0.3 is 0 Å². The lowest BCUT2D eigenvalue weighted by molar-refractivity contribution is -0.123. The number of aliphatic hydroxyl groups is 1. The van der Waals surface area contributed by atoms with Crippen LogP contribution in [0.25, 0.3) is 0 Å². The molecule has 2 atom stereocenters. The number of nitrogens with zero attached hydrogens (tertiary/aromatic N) is 1. The van der Waals surface area contributed by atoms with Crippen LogP contribution in [0, 0.1) is 5.92 Å². The molecular weight excluding hydrogens is 284 g/mol. The second-order valence-corrected chi connectivity index (χ2v) is 6.78. The van der Waals surface area contributed by atoms with E-state index in [0.717, 1.165) is 13.0 Å². The summed E-state index contributed by atoms with van der Waals surface area (Å²) in [5.74, 6) is 0.656. The predicted molar refractivity (Wildman–Crippen MR) is 86.2 cm³/mol. The first kappa shape index (κ1) is 16.5. The summed E-state index contributed by atoms with van der Waals surface area (Å²) >= 11 is 1.66. The number of hydrogen-bond acceptors (Lipinski definition) is 4. The van der Waals surface area contributed by atoms with Crippen LogP contribution in [0.5, 0.6) is 0 Å². The van der Waals surface area contributed by atoms with Gasteiger partial charge in [-0.05, 0) is 41.1 Å². The number of nitrogens with one attached hydrogen (secondary N) is 1. The van der Waals surface area contributed by atoms with Gasteiger partial charge in [0.15, 0.2) is 0 Å². The fourth-order valence-corrected chi connectivity index (χ4v) is 3.64. The Bertz CT molecular complexity index is 422. The number of rotatable bonds is 7. The van der Waals surface area contributed by atoms with Crippen LogP contribution >= 0.6 is 11.3 Å². The van der Waals surface area contributed by atoms with Gasteiger partial charge in [0.1, 0.15) is 0 Å². The maximum absolute atomic E-state index is 12.2. The Morgan fingerprint density at radius 3 is 2.95 bits per heavy atom. The third-order valence-corrected chi connectivity index (χ3v) is 4.96. The molecule has 1 aromatic heterocycles. The molecule has 1 fully saturated rings. The fraction of sp³-hybridized carbons (Fsp3) is 0.688. The van der Waals surface area contributed by atoms with Gasteiger partial charge in [-0.1, -0.05) is 19.8 Å². The zero-order valence-corrected chi connectivity index (χ0v) is 13.6. The van der Waals surface area contributed by atoms with E-state index < -0.39 is 0 Å². The van der Waals surface area contributed by atoms with Crippen LogP contribution in [-0.4, -0.2) is 41.7 Å². The van der Waals surface area contributed by atoms with E-state index in [4.69, 9.17) is 0 Å². The van der Waals surface area contributed by atoms with Crippen LogP contribution in [0.3, 0.4) is 0 Å². The molecule has 21 heavy (non-hydrogen) atoms. The maximum atomic E-state index is 12.2. The molecule has 1 heterocycles. The van der Waals surface area contributed by atoms with Crippen molar-refractivity contribution in [1.82, 2.24) is 10.2 Å². The molecule has 0 saturated heterocycles. The molecule has 0 spiro atoms. The van der Waals surface area contributed by atoms with Gasteiger partial charge in [-0.2, -0.15) is 11.3 Å². The minimum Gasteiger partial charge on any atom is -0.395 e. The van der Waals surface area contributed by atoms with E-state index in [1.165, 1.54) is 24.8 Å². The molecule has 0 unspecified atom stereocenters. The van der Waals surface area contributed by atoms with Crippen molar-refractivity contribution in [2.24, 2.45) is 5.92 Å². The number of hydrogen-bond donors (Lipinski definition) is 2. The van der Waals surface area contributed by atoms with Crippen molar-refractivity contribution in [2.75, 3.05) is 19.7 Å². The van der Waals surface area contributed by atoms with E-state index in [-0.39, 0.29) is 12.5 Å². The third kappa shape index (κ3) is 5.41. The number of carbonyl (C=O) groups excluding carboxylic acids is 1. The van der Waals surface area contributed by atoms with Crippen molar-refractivity contribution >= 4 is 17.2 Å². The highest BCUT2D eigenvalue weighted by Gasteiger charge is 2.23. The Morgan fingerprint density at radius 2 is 2.29 bits per heavy atom. The largest absolute Gasteiger partial charge is 0.395 e. The molecule has 0 radical (unpaired) electrons. The Balaban J connectivity index is 1.82. The number of aliphatic hydroxyl groups excluding tert-OH is 1. The lowest BCUT2D eigenvalue weighted by atomic mass is 9.86.